The van der Waals surface area contributed by atoms with E-state index in [0.29, 0.717) is 0 Å². The number of hydrogen-bond acceptors (Lipinski definition) is 1. The number of hydrogen-bond donors (Lipinski definition) is 2. The van der Waals surface area contributed by atoms with Crippen molar-refractivity contribution in [2.24, 2.45) is 0 Å². The van der Waals surface area contributed by atoms with Gasteiger partial charge in [-0.15, -0.1) is 0 Å². The quantitative estimate of drug-likeness (QED) is 0.420. The molecule has 0 aliphatic heterocycles. The lowest BCUT2D eigenvalue weighted by Crippen LogP contribution is -2.13. The fourth-order valence-electron chi connectivity index (χ4n) is 4.02. The maximum atomic E-state index is 5.19. The molecule has 0 saturated heterocycles. The van der Waals surface area contributed by atoms with Crippen LogP contribution in [0.4, 0.5) is 0 Å². The average molecular weight is 434 g/mol. The van der Waals surface area contributed by atoms with Crippen LogP contribution in [0.1, 0.15) is 106 Å². The molecular weight excluding hydrogens is 390 g/mol. The molecule has 3 aromatic rings. The second-order valence-corrected chi connectivity index (χ2v) is 13.4. The number of rotatable bonds is 2. The Morgan fingerprint density at radius 1 is 0.531 bits per heavy atom. The van der Waals surface area contributed by atoms with Crippen molar-refractivity contribution in [2.75, 3.05) is 0 Å². The molecule has 3 nitrogen and oxygen atoms in total. The predicted octanol–water partition coefficient (Wildman–Crippen LogP) is 8.26. The zero-order valence-corrected chi connectivity index (χ0v) is 22.3. The third-order valence-electron chi connectivity index (χ3n) is 6.13. The van der Waals surface area contributed by atoms with E-state index >= 15 is 0 Å². The van der Waals surface area contributed by atoms with E-state index in [4.69, 9.17) is 4.98 Å². The molecule has 174 valence electrons. The first-order valence-corrected chi connectivity index (χ1v) is 11.8. The zero-order valence-electron chi connectivity index (χ0n) is 22.3. The van der Waals surface area contributed by atoms with Gasteiger partial charge in [0.05, 0.1) is 22.8 Å². The van der Waals surface area contributed by atoms with Crippen molar-refractivity contribution >= 4 is 0 Å². The molecule has 3 aromatic heterocycles. The number of nitrogens with zero attached hydrogens (tertiary/aromatic N) is 1. The highest BCUT2D eigenvalue weighted by atomic mass is 14.9. The Balaban J connectivity index is 2.22. The highest BCUT2D eigenvalue weighted by Gasteiger charge is 2.28. The van der Waals surface area contributed by atoms with Crippen LogP contribution in [0, 0.1) is 0 Å². The summed E-state index contributed by atoms with van der Waals surface area (Å²) in [5, 5.41) is 0. The Kier molecular flexibility index (Phi) is 5.82. The van der Waals surface area contributed by atoms with Gasteiger partial charge in [0, 0.05) is 22.2 Å². The summed E-state index contributed by atoms with van der Waals surface area (Å²) in [6.45, 7) is 27.1. The molecule has 0 amide bonds. The smallest absolute Gasteiger partial charge is 0.0875 e. The summed E-state index contributed by atoms with van der Waals surface area (Å²) >= 11 is 0. The molecule has 2 N–H and O–H groups in total. The minimum absolute atomic E-state index is 0.0232. The molecule has 0 bridgehead atoms. The van der Waals surface area contributed by atoms with E-state index in [2.05, 4.69) is 123 Å². The molecule has 3 heterocycles. The summed E-state index contributed by atoms with van der Waals surface area (Å²) < 4.78 is 0. The lowest BCUT2D eigenvalue weighted by Gasteiger charge is -2.20. The summed E-state index contributed by atoms with van der Waals surface area (Å²) in [4.78, 5) is 12.6. The molecule has 0 spiro atoms. The summed E-state index contributed by atoms with van der Waals surface area (Å²) in [6.07, 6.45) is 0. The number of nitrogens with one attached hydrogen (secondary N) is 2. The van der Waals surface area contributed by atoms with Crippen LogP contribution < -0.4 is 0 Å². The van der Waals surface area contributed by atoms with Gasteiger partial charge in [0.25, 0.3) is 0 Å². The van der Waals surface area contributed by atoms with Crippen molar-refractivity contribution in [3.8, 4) is 22.8 Å². The van der Waals surface area contributed by atoms with Gasteiger partial charge in [-0.1, -0.05) is 89.2 Å². The van der Waals surface area contributed by atoms with E-state index in [0.717, 1.165) is 22.8 Å². The summed E-state index contributed by atoms with van der Waals surface area (Å²) in [6, 6.07) is 11.0. The first-order valence-electron chi connectivity index (χ1n) is 11.8. The number of H-pyrrole nitrogens is 2. The SMILES string of the molecule is CC(C)(C)c1cc(C(C)(C)C)c(-c2cccc(-c3[nH]c(C(C)(C)C)cc3C(C)(C)C)n2)[nH]1. The standard InChI is InChI=1S/C29H43N3/c1-26(2,3)18-16-22(28(7,8)9)31-24(18)20-14-13-15-21(30-20)25-19(27(4,5)6)17-23(32-25)29(10,11)12/h13-17,31-32H,1-12H3. The van der Waals surface area contributed by atoms with E-state index in [-0.39, 0.29) is 21.7 Å². The highest BCUT2D eigenvalue weighted by molar-refractivity contribution is 5.69. The van der Waals surface area contributed by atoms with Crippen LogP contribution >= 0.6 is 0 Å². The van der Waals surface area contributed by atoms with Gasteiger partial charge in [0.15, 0.2) is 0 Å². The van der Waals surface area contributed by atoms with Gasteiger partial charge in [0.1, 0.15) is 0 Å². The van der Waals surface area contributed by atoms with Gasteiger partial charge in [-0.25, -0.2) is 4.98 Å². The van der Waals surface area contributed by atoms with Crippen LogP contribution in [-0.4, -0.2) is 15.0 Å². The average Bonchev–Trinajstić information content (AvgIpc) is 3.25. The third kappa shape index (κ3) is 4.87. The molecule has 0 aliphatic carbocycles. The van der Waals surface area contributed by atoms with E-state index in [9.17, 15) is 0 Å². The minimum atomic E-state index is 0.0232. The monoisotopic (exact) mass is 433 g/mol. The molecule has 0 unspecified atom stereocenters. The largest absolute Gasteiger partial charge is 0.356 e. The zero-order chi connectivity index (χ0) is 24.3. The third-order valence-corrected chi connectivity index (χ3v) is 6.13. The lowest BCUT2D eigenvalue weighted by molar-refractivity contribution is 0.569. The van der Waals surface area contributed by atoms with Crippen molar-refractivity contribution in [3.63, 3.8) is 0 Å². The van der Waals surface area contributed by atoms with Crippen molar-refractivity contribution in [1.82, 2.24) is 15.0 Å². The Morgan fingerprint density at radius 3 is 1.16 bits per heavy atom. The van der Waals surface area contributed by atoms with E-state index < -0.39 is 0 Å². The predicted molar refractivity (Wildman–Crippen MR) is 139 cm³/mol. The first-order chi connectivity index (χ1) is 14.4. The number of pyridine rings is 1. The van der Waals surface area contributed by atoms with Gasteiger partial charge >= 0.3 is 0 Å². The highest BCUT2D eigenvalue weighted by Crippen LogP contribution is 2.39. The molecule has 0 atom stereocenters. The Labute approximate surface area is 195 Å². The van der Waals surface area contributed by atoms with Gasteiger partial charge in [0.2, 0.25) is 0 Å². The van der Waals surface area contributed by atoms with E-state index in [1.807, 2.05) is 0 Å². The molecular formula is C29H43N3. The first kappa shape index (κ1) is 24.4. The van der Waals surface area contributed by atoms with Crippen LogP contribution in [0.15, 0.2) is 30.3 Å². The van der Waals surface area contributed by atoms with Crippen LogP contribution in [0.25, 0.3) is 22.8 Å². The lowest BCUT2D eigenvalue weighted by atomic mass is 9.84. The maximum Gasteiger partial charge on any atom is 0.0875 e. The van der Waals surface area contributed by atoms with Crippen LogP contribution in [0.5, 0.6) is 0 Å². The maximum absolute atomic E-state index is 5.19. The number of aromatic amines is 2. The topological polar surface area (TPSA) is 44.5 Å². The van der Waals surface area contributed by atoms with Crippen LogP contribution in [0.3, 0.4) is 0 Å². The molecule has 0 saturated carbocycles. The van der Waals surface area contributed by atoms with Crippen molar-refractivity contribution in [2.45, 2.75) is 105 Å². The molecule has 0 aliphatic rings. The number of aromatic nitrogens is 3. The van der Waals surface area contributed by atoms with E-state index in [1.165, 1.54) is 22.5 Å². The van der Waals surface area contributed by atoms with Gasteiger partial charge in [-0.3, -0.25) is 0 Å². The fourth-order valence-corrected chi connectivity index (χ4v) is 4.02. The van der Waals surface area contributed by atoms with Gasteiger partial charge < -0.3 is 9.97 Å². The molecule has 3 heteroatoms. The Hall–Kier alpha value is -2.29. The summed E-state index contributed by atoms with van der Waals surface area (Å²) in [7, 11) is 0. The fraction of sp³-hybridized carbons (Fsp3) is 0.552. The molecule has 0 fully saturated rings. The van der Waals surface area contributed by atoms with Crippen LogP contribution in [-0.2, 0) is 21.7 Å². The van der Waals surface area contributed by atoms with Crippen LogP contribution in [0.2, 0.25) is 0 Å². The van der Waals surface area contributed by atoms with Crippen molar-refractivity contribution in [1.29, 1.82) is 0 Å². The second kappa shape index (κ2) is 7.64. The summed E-state index contributed by atoms with van der Waals surface area (Å²) in [5.41, 5.74) is 9.51. The minimum Gasteiger partial charge on any atom is -0.356 e. The van der Waals surface area contributed by atoms with Crippen molar-refractivity contribution in [3.05, 3.63) is 52.8 Å². The van der Waals surface area contributed by atoms with Gasteiger partial charge in [-0.2, -0.15) is 0 Å². The Bertz CT molecular complexity index is 1010. The molecule has 32 heavy (non-hydrogen) atoms. The normalized spacial score (nSPS) is 13.6. The molecule has 0 radical (unpaired) electrons. The summed E-state index contributed by atoms with van der Waals surface area (Å²) in [5.74, 6) is 0. The molecule has 0 aromatic carbocycles. The molecule has 3 rings (SSSR count). The van der Waals surface area contributed by atoms with E-state index in [1.54, 1.807) is 0 Å². The van der Waals surface area contributed by atoms with Crippen molar-refractivity contribution < 1.29 is 0 Å². The van der Waals surface area contributed by atoms with Gasteiger partial charge in [-0.05, 0) is 46.2 Å². The second-order valence-electron chi connectivity index (χ2n) is 13.4. The Morgan fingerprint density at radius 2 is 0.875 bits per heavy atom.